The fourth-order valence-corrected chi connectivity index (χ4v) is 4.38. The van der Waals surface area contributed by atoms with E-state index in [2.05, 4.69) is 15.6 Å². The van der Waals surface area contributed by atoms with Crippen molar-refractivity contribution in [3.63, 3.8) is 0 Å². The van der Waals surface area contributed by atoms with E-state index in [0.717, 1.165) is 16.0 Å². The minimum absolute atomic E-state index is 0.0948. The van der Waals surface area contributed by atoms with E-state index in [1.807, 2.05) is 42.7 Å². The third-order valence-electron chi connectivity index (χ3n) is 4.57. The summed E-state index contributed by atoms with van der Waals surface area (Å²) in [6.45, 7) is 0.0948. The van der Waals surface area contributed by atoms with Gasteiger partial charge in [0.25, 0.3) is 5.91 Å². The Morgan fingerprint density at radius 2 is 1.97 bits per heavy atom. The van der Waals surface area contributed by atoms with Crippen molar-refractivity contribution in [1.82, 2.24) is 10.3 Å². The highest BCUT2D eigenvalue weighted by atomic mass is 32.2. The molecular weight excluding hydrogens is 422 g/mol. The highest BCUT2D eigenvalue weighted by molar-refractivity contribution is 7.98. The van der Waals surface area contributed by atoms with Gasteiger partial charge >= 0.3 is 0 Å². The largest absolute Gasteiger partial charge is 0.485 e. The van der Waals surface area contributed by atoms with E-state index in [4.69, 9.17) is 9.47 Å². The summed E-state index contributed by atoms with van der Waals surface area (Å²) >= 11 is 3.01. The van der Waals surface area contributed by atoms with Crippen LogP contribution in [0.3, 0.4) is 0 Å². The molecule has 1 aliphatic rings. The molecular formula is C21H21N3O4S2. The molecule has 0 bridgehead atoms. The minimum Gasteiger partial charge on any atom is -0.485 e. The van der Waals surface area contributed by atoms with Gasteiger partial charge in [-0.2, -0.15) is 11.8 Å². The molecule has 0 saturated carbocycles. The molecule has 0 unspecified atom stereocenters. The number of thioether (sulfide) groups is 1. The van der Waals surface area contributed by atoms with Crippen molar-refractivity contribution in [3.8, 4) is 11.5 Å². The quantitative estimate of drug-likeness (QED) is 0.582. The zero-order valence-corrected chi connectivity index (χ0v) is 17.9. The van der Waals surface area contributed by atoms with Gasteiger partial charge in [-0.3, -0.25) is 9.59 Å². The molecule has 0 radical (unpaired) electrons. The second-order valence-electron chi connectivity index (χ2n) is 6.68. The molecule has 4 rings (SSSR count). The fourth-order valence-electron chi connectivity index (χ4n) is 3.04. The molecule has 2 amide bonds. The molecule has 0 saturated heterocycles. The van der Waals surface area contributed by atoms with Gasteiger partial charge < -0.3 is 20.1 Å². The molecule has 2 heterocycles. The number of thiazole rings is 1. The number of benzene rings is 2. The van der Waals surface area contributed by atoms with E-state index < -0.39 is 12.1 Å². The average molecular weight is 444 g/mol. The number of ether oxygens (including phenoxy) is 2. The summed E-state index contributed by atoms with van der Waals surface area (Å²) in [5, 5.41) is 6.16. The van der Waals surface area contributed by atoms with Gasteiger partial charge in [0.1, 0.15) is 12.6 Å². The van der Waals surface area contributed by atoms with E-state index in [1.165, 1.54) is 11.3 Å². The predicted molar refractivity (Wildman–Crippen MR) is 120 cm³/mol. The average Bonchev–Trinajstić information content (AvgIpc) is 3.18. The number of anilines is 1. The van der Waals surface area contributed by atoms with Gasteiger partial charge in [-0.25, -0.2) is 4.98 Å². The highest BCUT2D eigenvalue weighted by Crippen LogP contribution is 2.31. The first kappa shape index (κ1) is 20.5. The summed E-state index contributed by atoms with van der Waals surface area (Å²) in [6.07, 6.45) is 1.64. The minimum atomic E-state index is -0.813. The van der Waals surface area contributed by atoms with Crippen molar-refractivity contribution < 1.29 is 19.1 Å². The number of nitrogens with one attached hydrogen (secondary N) is 2. The molecule has 9 heteroatoms. The van der Waals surface area contributed by atoms with Crippen molar-refractivity contribution in [2.45, 2.75) is 18.6 Å². The standard InChI is InChI=1S/C21H21N3O4S2/c1-29-11-10-14(19(25)24-21-23-13-6-2-5-9-18(13)30-21)22-20(26)17-12-27-15-7-3-4-8-16(15)28-17/h2-9,14,17H,10-12H2,1H3,(H,22,26)(H,23,24,25)/t14-,17+/m1/s1. The summed E-state index contributed by atoms with van der Waals surface area (Å²) in [5.74, 6) is 1.17. The molecule has 156 valence electrons. The van der Waals surface area contributed by atoms with Gasteiger partial charge in [-0.1, -0.05) is 35.6 Å². The summed E-state index contributed by atoms with van der Waals surface area (Å²) in [5.41, 5.74) is 0.828. The van der Waals surface area contributed by atoms with Crippen molar-refractivity contribution in [2.24, 2.45) is 0 Å². The van der Waals surface area contributed by atoms with Crippen LogP contribution in [0.4, 0.5) is 5.13 Å². The monoisotopic (exact) mass is 443 g/mol. The van der Waals surface area contributed by atoms with Gasteiger partial charge in [-0.15, -0.1) is 0 Å². The molecule has 3 aromatic rings. The Balaban J connectivity index is 1.42. The normalized spacial score (nSPS) is 16.1. The predicted octanol–water partition coefficient (Wildman–Crippen LogP) is 3.31. The summed E-state index contributed by atoms with van der Waals surface area (Å²) < 4.78 is 12.4. The zero-order valence-electron chi connectivity index (χ0n) is 16.3. The van der Waals surface area contributed by atoms with Gasteiger partial charge in [0, 0.05) is 0 Å². The Morgan fingerprint density at radius 3 is 2.77 bits per heavy atom. The van der Waals surface area contributed by atoms with Crippen LogP contribution in [0.1, 0.15) is 6.42 Å². The molecule has 0 fully saturated rings. The molecule has 2 N–H and O–H groups in total. The van der Waals surface area contributed by atoms with E-state index in [9.17, 15) is 9.59 Å². The number of hydrogen-bond acceptors (Lipinski definition) is 7. The number of fused-ring (bicyclic) bond motifs is 2. The SMILES string of the molecule is CSCC[C@@H](NC(=O)[C@@H]1COc2ccccc2O1)C(=O)Nc1nc2ccccc2s1. The highest BCUT2D eigenvalue weighted by Gasteiger charge is 2.31. The molecule has 30 heavy (non-hydrogen) atoms. The number of para-hydroxylation sites is 3. The Labute approximate surface area is 182 Å². The lowest BCUT2D eigenvalue weighted by molar-refractivity contribution is -0.133. The second kappa shape index (κ2) is 9.36. The van der Waals surface area contributed by atoms with Crippen LogP contribution in [0.2, 0.25) is 0 Å². The molecule has 2 atom stereocenters. The Bertz CT molecular complexity index is 1020. The lowest BCUT2D eigenvalue weighted by atomic mass is 10.2. The van der Waals surface area contributed by atoms with Crippen molar-refractivity contribution in [2.75, 3.05) is 23.9 Å². The van der Waals surface area contributed by atoms with E-state index in [0.29, 0.717) is 23.1 Å². The topological polar surface area (TPSA) is 89.5 Å². The third kappa shape index (κ3) is 4.68. The van der Waals surface area contributed by atoms with Crippen LogP contribution in [0, 0.1) is 0 Å². The Hall–Kier alpha value is -2.78. The summed E-state index contributed by atoms with van der Waals surface area (Å²) in [4.78, 5) is 30.1. The summed E-state index contributed by atoms with van der Waals surface area (Å²) in [6, 6.07) is 14.2. The number of nitrogens with zero attached hydrogens (tertiary/aromatic N) is 1. The van der Waals surface area contributed by atoms with E-state index in [-0.39, 0.29) is 18.4 Å². The molecule has 0 spiro atoms. The number of hydrogen-bond donors (Lipinski definition) is 2. The summed E-state index contributed by atoms with van der Waals surface area (Å²) in [7, 11) is 0. The lowest BCUT2D eigenvalue weighted by Gasteiger charge is -2.27. The Morgan fingerprint density at radius 1 is 1.20 bits per heavy atom. The van der Waals surface area contributed by atoms with E-state index in [1.54, 1.807) is 23.9 Å². The van der Waals surface area contributed by atoms with Crippen molar-refractivity contribution in [1.29, 1.82) is 0 Å². The van der Waals surface area contributed by atoms with Gasteiger partial charge in [0.15, 0.2) is 16.6 Å². The van der Waals surface area contributed by atoms with Crippen LogP contribution < -0.4 is 20.1 Å². The van der Waals surface area contributed by atoms with Crippen LogP contribution >= 0.6 is 23.1 Å². The van der Waals surface area contributed by atoms with Gasteiger partial charge in [-0.05, 0) is 42.7 Å². The van der Waals surface area contributed by atoms with Gasteiger partial charge in [0.05, 0.1) is 10.2 Å². The van der Waals surface area contributed by atoms with Crippen LogP contribution in [-0.4, -0.2) is 47.6 Å². The van der Waals surface area contributed by atoms with Gasteiger partial charge in [0.2, 0.25) is 12.0 Å². The maximum absolute atomic E-state index is 12.9. The second-order valence-corrected chi connectivity index (χ2v) is 8.70. The molecule has 0 aliphatic carbocycles. The van der Waals surface area contributed by atoms with Crippen LogP contribution in [0.15, 0.2) is 48.5 Å². The molecule has 7 nitrogen and oxygen atoms in total. The molecule has 2 aromatic carbocycles. The first-order valence-corrected chi connectivity index (χ1v) is 11.7. The number of aromatic nitrogens is 1. The zero-order chi connectivity index (χ0) is 20.9. The van der Waals surface area contributed by atoms with Crippen LogP contribution in [-0.2, 0) is 9.59 Å². The number of rotatable bonds is 7. The van der Waals surface area contributed by atoms with Crippen LogP contribution in [0.5, 0.6) is 11.5 Å². The first-order chi connectivity index (χ1) is 14.6. The maximum Gasteiger partial charge on any atom is 0.265 e. The number of carbonyl (C=O) groups is 2. The molecule has 1 aromatic heterocycles. The lowest BCUT2D eigenvalue weighted by Crippen LogP contribution is -2.51. The van der Waals surface area contributed by atoms with Crippen molar-refractivity contribution >= 4 is 50.3 Å². The number of carbonyl (C=O) groups excluding carboxylic acids is 2. The fraction of sp³-hybridized carbons (Fsp3) is 0.286. The maximum atomic E-state index is 12.9. The molecule has 1 aliphatic heterocycles. The van der Waals surface area contributed by atoms with Crippen molar-refractivity contribution in [3.05, 3.63) is 48.5 Å². The van der Waals surface area contributed by atoms with Crippen LogP contribution in [0.25, 0.3) is 10.2 Å². The Kier molecular flexibility index (Phi) is 6.39. The smallest absolute Gasteiger partial charge is 0.265 e. The van der Waals surface area contributed by atoms with E-state index >= 15 is 0 Å². The first-order valence-electron chi connectivity index (χ1n) is 9.48. The third-order valence-corrected chi connectivity index (χ3v) is 6.16. The number of amides is 2.